The van der Waals surface area contributed by atoms with Crippen LogP contribution in [-0.4, -0.2) is 28.0 Å². The van der Waals surface area contributed by atoms with Crippen LogP contribution < -0.4 is 14.8 Å². The molecule has 3 aromatic rings. The van der Waals surface area contributed by atoms with Crippen molar-refractivity contribution in [1.82, 2.24) is 9.36 Å². The maximum absolute atomic E-state index is 12.4. The molecule has 0 fully saturated rings. The van der Waals surface area contributed by atoms with Crippen LogP contribution in [0.3, 0.4) is 0 Å². The number of ether oxygens (including phenoxy) is 2. The number of aromatic nitrogens is 2. The monoisotopic (exact) mass is 417 g/mol. The minimum Gasteiger partial charge on any atom is -0.485 e. The van der Waals surface area contributed by atoms with Gasteiger partial charge in [0.25, 0.3) is 5.91 Å². The molecule has 2 aromatic carbocycles. The van der Waals surface area contributed by atoms with Crippen molar-refractivity contribution in [2.45, 2.75) is 6.10 Å². The second kappa shape index (κ2) is 6.81. The number of para-hydroxylation sites is 2. The summed E-state index contributed by atoms with van der Waals surface area (Å²) in [5.41, 5.74) is 0.881. The maximum Gasteiger partial charge on any atom is 0.270 e. The smallest absolute Gasteiger partial charge is 0.270 e. The van der Waals surface area contributed by atoms with Gasteiger partial charge < -0.3 is 9.47 Å². The molecule has 0 unspecified atom stereocenters. The summed E-state index contributed by atoms with van der Waals surface area (Å²) in [4.78, 5) is 16.7. The summed E-state index contributed by atoms with van der Waals surface area (Å²) in [6.45, 7) is 0.154. The molecular weight excluding hydrogens is 406 g/mol. The van der Waals surface area contributed by atoms with Crippen molar-refractivity contribution in [1.29, 1.82) is 0 Å². The Kier molecular flexibility index (Phi) is 4.37. The summed E-state index contributed by atoms with van der Waals surface area (Å²) in [5.74, 6) is 1.45. The van der Waals surface area contributed by atoms with Crippen molar-refractivity contribution in [3.63, 3.8) is 0 Å². The lowest BCUT2D eigenvalue weighted by atomic mass is 10.2. The highest BCUT2D eigenvalue weighted by Gasteiger charge is 2.28. The van der Waals surface area contributed by atoms with Crippen LogP contribution in [0.15, 0.2) is 53.0 Å². The first-order valence-corrected chi connectivity index (χ1v) is 9.05. The van der Waals surface area contributed by atoms with Crippen LogP contribution in [0.1, 0.15) is 0 Å². The van der Waals surface area contributed by atoms with E-state index in [2.05, 4.69) is 30.6 Å². The third-order valence-corrected chi connectivity index (χ3v) is 4.72. The molecule has 8 heteroatoms. The molecule has 0 radical (unpaired) electrons. The molecule has 25 heavy (non-hydrogen) atoms. The van der Waals surface area contributed by atoms with Crippen molar-refractivity contribution in [3.8, 4) is 22.9 Å². The van der Waals surface area contributed by atoms with Gasteiger partial charge in [0.05, 0.1) is 0 Å². The predicted molar refractivity (Wildman–Crippen MR) is 98.0 cm³/mol. The Bertz CT molecular complexity index is 914. The van der Waals surface area contributed by atoms with Crippen LogP contribution in [0.5, 0.6) is 11.5 Å². The number of nitrogens with zero attached hydrogens (tertiary/aromatic N) is 2. The Morgan fingerprint density at radius 2 is 1.92 bits per heavy atom. The van der Waals surface area contributed by atoms with Gasteiger partial charge in [-0.3, -0.25) is 10.1 Å². The van der Waals surface area contributed by atoms with E-state index in [1.165, 1.54) is 0 Å². The summed E-state index contributed by atoms with van der Waals surface area (Å²) in [7, 11) is 0. The van der Waals surface area contributed by atoms with E-state index in [4.69, 9.17) is 9.47 Å². The lowest BCUT2D eigenvalue weighted by Crippen LogP contribution is -2.40. The first-order chi connectivity index (χ1) is 12.2. The van der Waals surface area contributed by atoms with Gasteiger partial charge in [0, 0.05) is 21.6 Å². The van der Waals surface area contributed by atoms with Crippen LogP contribution >= 0.6 is 27.5 Å². The van der Waals surface area contributed by atoms with E-state index in [0.717, 1.165) is 21.6 Å². The number of halogens is 1. The third-order valence-electron chi connectivity index (χ3n) is 3.56. The van der Waals surface area contributed by atoms with Gasteiger partial charge in [0.15, 0.2) is 17.3 Å². The number of hydrogen-bond donors (Lipinski definition) is 1. The lowest BCUT2D eigenvalue weighted by Gasteiger charge is -2.25. The second-order valence-electron chi connectivity index (χ2n) is 5.28. The fourth-order valence-electron chi connectivity index (χ4n) is 2.33. The minimum atomic E-state index is -0.727. The number of rotatable bonds is 3. The Morgan fingerprint density at radius 3 is 2.72 bits per heavy atom. The van der Waals surface area contributed by atoms with Gasteiger partial charge in [-0.05, 0) is 24.3 Å². The van der Waals surface area contributed by atoms with Gasteiger partial charge in [-0.15, -0.1) is 0 Å². The molecule has 0 bridgehead atoms. The Balaban J connectivity index is 1.44. The molecular formula is C17H12BrN3O3S. The first-order valence-electron chi connectivity index (χ1n) is 7.48. The molecule has 6 nitrogen and oxygen atoms in total. The number of anilines is 1. The predicted octanol–water partition coefficient (Wildman–Crippen LogP) is 3.75. The average Bonchev–Trinajstić information content (AvgIpc) is 3.10. The first kappa shape index (κ1) is 16.0. The van der Waals surface area contributed by atoms with E-state index in [1.54, 1.807) is 12.1 Å². The van der Waals surface area contributed by atoms with Crippen molar-refractivity contribution >= 4 is 38.5 Å². The van der Waals surface area contributed by atoms with E-state index in [-0.39, 0.29) is 12.5 Å². The van der Waals surface area contributed by atoms with E-state index >= 15 is 0 Å². The zero-order valence-electron chi connectivity index (χ0n) is 12.8. The number of carbonyl (C=O) groups is 1. The average molecular weight is 418 g/mol. The molecule has 1 aromatic heterocycles. The van der Waals surface area contributed by atoms with Gasteiger partial charge in [-0.2, -0.15) is 9.36 Å². The molecule has 1 amide bonds. The molecule has 1 N–H and O–H groups in total. The quantitative estimate of drug-likeness (QED) is 0.702. The molecule has 126 valence electrons. The highest BCUT2D eigenvalue weighted by Crippen LogP contribution is 2.31. The molecule has 1 aliphatic heterocycles. The van der Waals surface area contributed by atoms with Crippen molar-refractivity contribution in [2.75, 3.05) is 11.9 Å². The normalized spacial score (nSPS) is 15.6. The lowest BCUT2D eigenvalue weighted by molar-refractivity contribution is -0.125. The van der Waals surface area contributed by atoms with Gasteiger partial charge in [0.1, 0.15) is 6.61 Å². The number of benzene rings is 2. The van der Waals surface area contributed by atoms with Crippen molar-refractivity contribution < 1.29 is 14.3 Å². The highest BCUT2D eigenvalue weighted by atomic mass is 79.9. The number of hydrogen-bond acceptors (Lipinski definition) is 6. The standard InChI is InChI=1S/C17H12BrN3O3S/c18-11-7-5-10(6-8-11)15-19-17(25-21-15)20-16(22)14-9-23-12-3-1-2-4-13(12)24-14/h1-8,14H,9H2,(H,19,20,21,22)/t14-/m0/s1. The number of amides is 1. The molecule has 0 saturated heterocycles. The van der Waals surface area contributed by atoms with Crippen LogP contribution in [0, 0.1) is 0 Å². The fraction of sp³-hybridized carbons (Fsp3) is 0.118. The van der Waals surface area contributed by atoms with E-state index < -0.39 is 6.10 Å². The van der Waals surface area contributed by atoms with Crippen LogP contribution in [0.25, 0.3) is 11.4 Å². The maximum atomic E-state index is 12.4. The van der Waals surface area contributed by atoms with Crippen LogP contribution in [0.2, 0.25) is 0 Å². The second-order valence-corrected chi connectivity index (χ2v) is 6.95. The largest absolute Gasteiger partial charge is 0.485 e. The highest BCUT2D eigenvalue weighted by molar-refractivity contribution is 9.10. The summed E-state index contributed by atoms with van der Waals surface area (Å²) in [6.07, 6.45) is -0.727. The van der Waals surface area contributed by atoms with Gasteiger partial charge in [-0.1, -0.05) is 40.2 Å². The zero-order valence-corrected chi connectivity index (χ0v) is 15.2. The Morgan fingerprint density at radius 1 is 1.16 bits per heavy atom. The molecule has 1 atom stereocenters. The molecule has 0 aliphatic carbocycles. The molecule has 1 aliphatic rings. The number of carbonyl (C=O) groups excluding carboxylic acids is 1. The zero-order chi connectivity index (χ0) is 17.2. The van der Waals surface area contributed by atoms with Gasteiger partial charge in [-0.25, -0.2) is 0 Å². The van der Waals surface area contributed by atoms with E-state index in [9.17, 15) is 4.79 Å². The Hall–Kier alpha value is -2.45. The fourth-order valence-corrected chi connectivity index (χ4v) is 3.18. The topological polar surface area (TPSA) is 73.3 Å². The summed E-state index contributed by atoms with van der Waals surface area (Å²) >= 11 is 4.52. The van der Waals surface area contributed by atoms with Gasteiger partial charge in [0.2, 0.25) is 11.2 Å². The molecule has 4 rings (SSSR count). The van der Waals surface area contributed by atoms with Crippen molar-refractivity contribution in [2.24, 2.45) is 0 Å². The van der Waals surface area contributed by atoms with Crippen LogP contribution in [0.4, 0.5) is 5.13 Å². The van der Waals surface area contributed by atoms with Gasteiger partial charge >= 0.3 is 0 Å². The SMILES string of the molecule is O=C(Nc1nc(-c2ccc(Br)cc2)ns1)[C@@H]1COc2ccccc2O1. The van der Waals surface area contributed by atoms with E-state index in [1.807, 2.05) is 36.4 Å². The third kappa shape index (κ3) is 3.49. The van der Waals surface area contributed by atoms with Crippen molar-refractivity contribution in [3.05, 3.63) is 53.0 Å². The number of nitrogens with one attached hydrogen (secondary N) is 1. The molecule has 0 spiro atoms. The van der Waals surface area contributed by atoms with E-state index in [0.29, 0.717) is 22.5 Å². The summed E-state index contributed by atoms with van der Waals surface area (Å²) in [6, 6.07) is 14.9. The minimum absolute atomic E-state index is 0.154. The Labute approximate surface area is 156 Å². The number of fused-ring (bicyclic) bond motifs is 1. The molecule has 0 saturated carbocycles. The summed E-state index contributed by atoms with van der Waals surface area (Å²) < 4.78 is 16.5. The summed E-state index contributed by atoms with van der Waals surface area (Å²) in [5, 5.41) is 3.16. The van der Waals surface area contributed by atoms with Crippen LogP contribution in [-0.2, 0) is 4.79 Å². The molecule has 2 heterocycles.